The van der Waals surface area contributed by atoms with Crippen molar-refractivity contribution in [1.82, 2.24) is 14.8 Å². The second kappa shape index (κ2) is 7.95. The zero-order valence-corrected chi connectivity index (χ0v) is 18.3. The summed E-state index contributed by atoms with van der Waals surface area (Å²) in [6, 6.07) is 8.89. The minimum Gasteiger partial charge on any atom is -0.493 e. The molecule has 1 aromatic heterocycles. The fourth-order valence-electron chi connectivity index (χ4n) is 3.57. The lowest BCUT2D eigenvalue weighted by Crippen LogP contribution is -2.24. The predicted octanol–water partition coefficient (Wildman–Crippen LogP) is 5.04. The zero-order chi connectivity index (χ0) is 21.5. The number of fused-ring (bicyclic) bond motifs is 1. The van der Waals surface area contributed by atoms with E-state index < -0.39 is 6.10 Å². The van der Waals surface area contributed by atoms with Crippen LogP contribution in [0.1, 0.15) is 36.6 Å². The number of hydrogen-bond acceptors (Lipinski definition) is 5. The maximum Gasteiger partial charge on any atom is 0.165 e. The maximum absolute atomic E-state index is 11.3. The molecule has 0 amide bonds. The van der Waals surface area contributed by atoms with Gasteiger partial charge in [-0.25, -0.2) is 9.67 Å². The van der Waals surface area contributed by atoms with E-state index in [1.807, 2.05) is 19.9 Å². The van der Waals surface area contributed by atoms with Crippen LogP contribution in [0.5, 0.6) is 11.5 Å². The van der Waals surface area contributed by atoms with Gasteiger partial charge in [-0.2, -0.15) is 5.10 Å². The minimum absolute atomic E-state index is 0.333. The molecule has 1 aliphatic heterocycles. The van der Waals surface area contributed by atoms with E-state index in [4.69, 9.17) is 32.7 Å². The molecule has 2 heterocycles. The number of halogens is 2. The Labute approximate surface area is 184 Å². The van der Waals surface area contributed by atoms with Crippen LogP contribution in [0.15, 0.2) is 43.0 Å². The van der Waals surface area contributed by atoms with E-state index in [0.717, 1.165) is 5.56 Å². The molecular formula is C22H21Cl2N3O3. The zero-order valence-electron chi connectivity index (χ0n) is 16.8. The van der Waals surface area contributed by atoms with Crippen molar-refractivity contribution in [2.75, 3.05) is 7.11 Å². The molecule has 1 atom stereocenters. The lowest BCUT2D eigenvalue weighted by molar-refractivity contribution is 0.134. The van der Waals surface area contributed by atoms with Crippen LogP contribution in [0.4, 0.5) is 0 Å². The quantitative estimate of drug-likeness (QED) is 0.595. The summed E-state index contributed by atoms with van der Waals surface area (Å²) in [5.41, 5.74) is 2.48. The van der Waals surface area contributed by atoms with Crippen molar-refractivity contribution in [3.63, 3.8) is 0 Å². The highest BCUT2D eigenvalue weighted by atomic mass is 35.5. The number of rotatable bonds is 5. The van der Waals surface area contributed by atoms with Crippen molar-refractivity contribution in [1.29, 1.82) is 0 Å². The van der Waals surface area contributed by atoms with E-state index >= 15 is 0 Å². The van der Waals surface area contributed by atoms with Crippen LogP contribution in [0, 0.1) is 0 Å². The second-order valence-corrected chi connectivity index (χ2v) is 8.57. The van der Waals surface area contributed by atoms with E-state index in [2.05, 4.69) is 10.1 Å². The molecule has 2 aromatic carbocycles. The molecule has 8 heteroatoms. The van der Waals surface area contributed by atoms with Crippen LogP contribution in [0.2, 0.25) is 10.0 Å². The van der Waals surface area contributed by atoms with E-state index in [1.54, 1.807) is 37.5 Å². The SMILES string of the molecule is COc1cc(C(O)C(=Cc2ccc(Cl)cc2Cl)n2cncn2)cc2c1OC(C)(C)C2. The monoisotopic (exact) mass is 445 g/mol. The van der Waals surface area contributed by atoms with Gasteiger partial charge in [-0.1, -0.05) is 29.3 Å². The average Bonchev–Trinajstić information content (AvgIpc) is 3.32. The van der Waals surface area contributed by atoms with Gasteiger partial charge in [0.25, 0.3) is 0 Å². The van der Waals surface area contributed by atoms with Gasteiger partial charge in [-0.05, 0) is 55.3 Å². The summed E-state index contributed by atoms with van der Waals surface area (Å²) >= 11 is 12.4. The molecule has 1 unspecified atom stereocenters. The molecule has 1 aliphatic rings. The van der Waals surface area contributed by atoms with Gasteiger partial charge in [0, 0.05) is 22.0 Å². The van der Waals surface area contributed by atoms with Crippen molar-refractivity contribution < 1.29 is 14.6 Å². The molecule has 0 saturated carbocycles. The normalized spacial score (nSPS) is 16.1. The summed E-state index contributed by atoms with van der Waals surface area (Å²) in [4.78, 5) is 4.01. The molecule has 6 nitrogen and oxygen atoms in total. The van der Waals surface area contributed by atoms with Crippen molar-refractivity contribution in [3.8, 4) is 11.5 Å². The van der Waals surface area contributed by atoms with Crippen LogP contribution < -0.4 is 9.47 Å². The molecular weight excluding hydrogens is 425 g/mol. The molecule has 0 spiro atoms. The van der Waals surface area contributed by atoms with Crippen LogP contribution in [0.3, 0.4) is 0 Å². The Morgan fingerprint density at radius 3 is 2.77 bits per heavy atom. The van der Waals surface area contributed by atoms with Gasteiger partial charge in [-0.3, -0.25) is 0 Å². The number of nitrogens with zero attached hydrogens (tertiary/aromatic N) is 3. The van der Waals surface area contributed by atoms with Crippen LogP contribution in [0.25, 0.3) is 11.8 Å². The van der Waals surface area contributed by atoms with E-state index in [9.17, 15) is 5.11 Å². The lowest BCUT2D eigenvalue weighted by Gasteiger charge is -2.19. The van der Waals surface area contributed by atoms with Crippen molar-refractivity contribution >= 4 is 35.0 Å². The number of aliphatic hydroxyl groups excluding tert-OH is 1. The Morgan fingerprint density at radius 1 is 1.30 bits per heavy atom. The van der Waals surface area contributed by atoms with Crippen LogP contribution in [-0.4, -0.2) is 32.6 Å². The average molecular weight is 446 g/mol. The van der Waals surface area contributed by atoms with Crippen molar-refractivity contribution in [2.24, 2.45) is 0 Å². The Bertz CT molecular complexity index is 1110. The molecule has 0 fully saturated rings. The third-order valence-electron chi connectivity index (χ3n) is 4.91. The molecule has 4 rings (SSSR count). The van der Waals surface area contributed by atoms with E-state index in [-0.39, 0.29) is 5.60 Å². The molecule has 1 N–H and O–H groups in total. The third kappa shape index (κ3) is 4.03. The largest absolute Gasteiger partial charge is 0.493 e. The van der Waals surface area contributed by atoms with Crippen LogP contribution in [-0.2, 0) is 6.42 Å². The van der Waals surface area contributed by atoms with Gasteiger partial charge in [0.2, 0.25) is 0 Å². The van der Waals surface area contributed by atoms with Gasteiger partial charge in [0.15, 0.2) is 11.5 Å². The number of aromatic nitrogens is 3. The predicted molar refractivity (Wildman–Crippen MR) is 117 cm³/mol. The molecule has 0 saturated heterocycles. The number of benzene rings is 2. The molecule has 0 bridgehead atoms. The minimum atomic E-state index is -1.01. The fourth-order valence-corrected chi connectivity index (χ4v) is 4.03. The van der Waals surface area contributed by atoms with Gasteiger partial charge in [0.1, 0.15) is 24.4 Å². The van der Waals surface area contributed by atoms with Gasteiger partial charge >= 0.3 is 0 Å². The summed E-state index contributed by atoms with van der Waals surface area (Å²) in [5.74, 6) is 1.29. The maximum atomic E-state index is 11.3. The van der Waals surface area contributed by atoms with Crippen LogP contribution >= 0.6 is 23.2 Å². The molecule has 30 heavy (non-hydrogen) atoms. The topological polar surface area (TPSA) is 69.4 Å². The summed E-state index contributed by atoms with van der Waals surface area (Å²) in [7, 11) is 1.59. The van der Waals surface area contributed by atoms with E-state index in [0.29, 0.717) is 44.8 Å². The Balaban J connectivity index is 1.80. The smallest absolute Gasteiger partial charge is 0.165 e. The highest BCUT2D eigenvalue weighted by Gasteiger charge is 2.34. The Kier molecular flexibility index (Phi) is 5.49. The number of hydrogen-bond donors (Lipinski definition) is 1. The Hall–Kier alpha value is -2.54. The van der Waals surface area contributed by atoms with Gasteiger partial charge < -0.3 is 14.6 Å². The highest BCUT2D eigenvalue weighted by Crippen LogP contribution is 2.44. The summed E-state index contributed by atoms with van der Waals surface area (Å²) in [5, 5.41) is 16.5. The fraction of sp³-hybridized carbons (Fsp3) is 0.273. The highest BCUT2D eigenvalue weighted by molar-refractivity contribution is 6.35. The standard InChI is InChI=1S/C22H21Cl2N3O3/c1-22(2)10-15-6-14(8-19(29-3)21(15)30-22)20(28)18(27-12-25-11-26-27)7-13-4-5-16(23)9-17(13)24/h4-9,11-12,20,28H,10H2,1-3H3. The molecule has 0 aliphatic carbocycles. The summed E-state index contributed by atoms with van der Waals surface area (Å²) < 4.78 is 13.1. The van der Waals surface area contributed by atoms with Crippen molar-refractivity contribution in [3.05, 3.63) is 69.7 Å². The van der Waals surface area contributed by atoms with Gasteiger partial charge in [-0.15, -0.1) is 0 Å². The van der Waals surface area contributed by atoms with Gasteiger partial charge in [0.05, 0.1) is 12.8 Å². The first-order chi connectivity index (χ1) is 14.3. The second-order valence-electron chi connectivity index (χ2n) is 7.73. The first kappa shape index (κ1) is 20.7. The number of methoxy groups -OCH3 is 1. The molecule has 3 aromatic rings. The number of aliphatic hydroxyl groups is 1. The molecule has 156 valence electrons. The number of ether oxygens (including phenoxy) is 2. The van der Waals surface area contributed by atoms with E-state index in [1.165, 1.54) is 17.3 Å². The third-order valence-corrected chi connectivity index (χ3v) is 5.48. The van der Waals surface area contributed by atoms with Crippen molar-refractivity contribution in [2.45, 2.75) is 32.0 Å². The molecule has 0 radical (unpaired) electrons. The summed E-state index contributed by atoms with van der Waals surface area (Å²) in [6.07, 6.45) is 4.39. The lowest BCUT2D eigenvalue weighted by atomic mass is 9.97. The Morgan fingerprint density at radius 2 is 2.10 bits per heavy atom. The first-order valence-corrected chi connectivity index (χ1v) is 10.1. The summed E-state index contributed by atoms with van der Waals surface area (Å²) in [6.45, 7) is 4.04. The first-order valence-electron chi connectivity index (χ1n) is 9.37.